The van der Waals surface area contributed by atoms with Gasteiger partial charge in [0.15, 0.2) is 0 Å². The third-order valence-corrected chi connectivity index (χ3v) is 5.44. The Morgan fingerprint density at radius 1 is 0.759 bits per heavy atom. The normalized spacial score (nSPS) is 15.5. The molecule has 0 bridgehead atoms. The number of pyridine rings is 1. The van der Waals surface area contributed by atoms with Crippen molar-refractivity contribution in [1.82, 2.24) is 25.3 Å². The summed E-state index contributed by atoms with van der Waals surface area (Å²) in [6.07, 6.45) is 14.1. The smallest absolute Gasteiger partial charge is 0.0642 e. The Kier molecular flexibility index (Phi) is 4.62. The van der Waals surface area contributed by atoms with Crippen LogP contribution in [0.15, 0.2) is 97.2 Å². The van der Waals surface area contributed by atoms with Gasteiger partial charge in [0.2, 0.25) is 0 Å². The van der Waals surface area contributed by atoms with Crippen molar-refractivity contribution in [1.29, 1.82) is 0 Å². The fraction of sp³-hybridized carbons (Fsp3) is 0.125. The number of nitrogens with one attached hydrogen (secondary N) is 4. The van der Waals surface area contributed by atoms with Crippen LogP contribution in [0.5, 0.6) is 0 Å². The van der Waals surface area contributed by atoms with E-state index in [0.29, 0.717) is 0 Å². The van der Waals surface area contributed by atoms with Gasteiger partial charge in [0, 0.05) is 54.1 Å². The molecular formula is C24H23N5. The van der Waals surface area contributed by atoms with Crippen LogP contribution in [-0.4, -0.2) is 26.5 Å². The van der Waals surface area contributed by atoms with E-state index in [9.17, 15) is 0 Å². The van der Waals surface area contributed by atoms with E-state index >= 15 is 0 Å². The quantitative estimate of drug-likeness (QED) is 0.399. The molecule has 5 heteroatoms. The van der Waals surface area contributed by atoms with Gasteiger partial charge in [-0.15, -0.1) is 0 Å². The fourth-order valence-electron chi connectivity index (χ4n) is 4.11. The van der Waals surface area contributed by atoms with Gasteiger partial charge in [-0.25, -0.2) is 0 Å². The zero-order valence-corrected chi connectivity index (χ0v) is 16.0. The molecule has 0 aliphatic carbocycles. The van der Waals surface area contributed by atoms with Gasteiger partial charge in [0.1, 0.15) is 0 Å². The van der Waals surface area contributed by atoms with E-state index in [2.05, 4.69) is 79.9 Å². The summed E-state index contributed by atoms with van der Waals surface area (Å²) >= 11 is 0. The maximum Gasteiger partial charge on any atom is 0.0642 e. The minimum absolute atomic E-state index is 0.101. The minimum Gasteiger partial charge on any atom is -0.387 e. The number of hydrogen-bond acceptors (Lipinski definition) is 2. The zero-order valence-electron chi connectivity index (χ0n) is 16.0. The van der Waals surface area contributed by atoms with Gasteiger partial charge < -0.3 is 20.3 Å². The van der Waals surface area contributed by atoms with Gasteiger partial charge >= 0.3 is 0 Å². The van der Waals surface area contributed by atoms with Crippen molar-refractivity contribution >= 4 is 0 Å². The number of allylic oxidation sites excluding steroid dienone is 2. The Labute approximate surface area is 169 Å². The lowest BCUT2D eigenvalue weighted by Crippen LogP contribution is -2.14. The molecule has 4 aromatic rings. The molecule has 1 aliphatic heterocycles. The lowest BCUT2D eigenvalue weighted by Gasteiger charge is -2.20. The second-order valence-electron chi connectivity index (χ2n) is 7.21. The van der Waals surface area contributed by atoms with Gasteiger partial charge in [-0.05, 0) is 71.9 Å². The van der Waals surface area contributed by atoms with Crippen LogP contribution >= 0.6 is 0 Å². The highest BCUT2D eigenvalue weighted by molar-refractivity contribution is 5.44. The molecule has 5 nitrogen and oxygen atoms in total. The van der Waals surface area contributed by atoms with Crippen molar-refractivity contribution in [3.05, 3.63) is 126 Å². The summed E-state index contributed by atoms with van der Waals surface area (Å²) in [5, 5.41) is 3.24. The summed E-state index contributed by atoms with van der Waals surface area (Å²) in [6, 6.07) is 16.9. The highest BCUT2D eigenvalue weighted by atomic mass is 14.8. The number of nitrogens with zero attached hydrogens (tertiary/aromatic N) is 1. The second kappa shape index (κ2) is 7.72. The molecule has 144 valence electrons. The monoisotopic (exact) mass is 381 g/mol. The van der Waals surface area contributed by atoms with Gasteiger partial charge in [-0.2, -0.15) is 0 Å². The van der Waals surface area contributed by atoms with Crippen molar-refractivity contribution in [3.8, 4) is 0 Å². The highest BCUT2D eigenvalue weighted by Gasteiger charge is 2.24. The summed E-state index contributed by atoms with van der Waals surface area (Å²) < 4.78 is 0. The zero-order chi connectivity index (χ0) is 19.5. The summed E-state index contributed by atoms with van der Waals surface area (Å²) in [7, 11) is 0. The Hall–Kier alpha value is -3.73. The van der Waals surface area contributed by atoms with E-state index in [0.717, 1.165) is 17.9 Å². The third kappa shape index (κ3) is 3.43. The van der Waals surface area contributed by atoms with Crippen LogP contribution in [0.2, 0.25) is 0 Å². The van der Waals surface area contributed by atoms with E-state index in [4.69, 9.17) is 0 Å². The predicted molar refractivity (Wildman–Crippen MR) is 115 cm³/mol. The minimum atomic E-state index is 0.101. The molecule has 0 saturated heterocycles. The summed E-state index contributed by atoms with van der Waals surface area (Å²) in [4.78, 5) is 14.7. The topological polar surface area (TPSA) is 72.3 Å². The van der Waals surface area contributed by atoms with Crippen LogP contribution in [0.25, 0.3) is 0 Å². The maximum absolute atomic E-state index is 4.19. The highest BCUT2D eigenvalue weighted by Crippen LogP contribution is 2.35. The van der Waals surface area contributed by atoms with E-state index in [1.807, 2.05) is 37.1 Å². The first-order valence-corrected chi connectivity index (χ1v) is 9.85. The van der Waals surface area contributed by atoms with Crippen molar-refractivity contribution < 1.29 is 0 Å². The molecule has 29 heavy (non-hydrogen) atoms. The molecule has 0 amide bonds. The molecule has 0 fully saturated rings. The summed E-state index contributed by atoms with van der Waals surface area (Å²) in [6.45, 7) is 0.846. The summed E-state index contributed by atoms with van der Waals surface area (Å²) in [5.74, 6) is 0.238. The van der Waals surface area contributed by atoms with Crippen LogP contribution in [0.3, 0.4) is 0 Å². The number of dihydropyridines is 1. The Morgan fingerprint density at radius 2 is 1.45 bits per heavy atom. The van der Waals surface area contributed by atoms with E-state index in [1.54, 1.807) is 0 Å². The largest absolute Gasteiger partial charge is 0.387 e. The van der Waals surface area contributed by atoms with Crippen molar-refractivity contribution in [2.45, 2.75) is 11.8 Å². The van der Waals surface area contributed by atoms with Crippen molar-refractivity contribution in [3.63, 3.8) is 0 Å². The van der Waals surface area contributed by atoms with Crippen molar-refractivity contribution in [2.75, 3.05) is 6.54 Å². The van der Waals surface area contributed by atoms with Gasteiger partial charge in [-0.1, -0.05) is 6.08 Å². The van der Waals surface area contributed by atoms with Crippen molar-refractivity contribution in [2.24, 2.45) is 0 Å². The molecule has 4 aromatic heterocycles. The van der Waals surface area contributed by atoms with E-state index < -0.39 is 0 Å². The number of aromatic nitrogens is 4. The van der Waals surface area contributed by atoms with Crippen LogP contribution in [0, 0.1) is 0 Å². The van der Waals surface area contributed by atoms with E-state index in [1.165, 1.54) is 22.5 Å². The Morgan fingerprint density at radius 3 is 2.07 bits per heavy atom. The third-order valence-electron chi connectivity index (χ3n) is 5.44. The average molecular weight is 381 g/mol. The lowest BCUT2D eigenvalue weighted by atomic mass is 9.91. The first kappa shape index (κ1) is 17.4. The Balaban J connectivity index is 1.57. The molecule has 0 saturated carbocycles. The first-order chi connectivity index (χ1) is 14.4. The van der Waals surface area contributed by atoms with Gasteiger partial charge in [-0.3, -0.25) is 4.98 Å². The SMILES string of the molecule is C1=CC(C(c2ccc[nH]2)c2ccc(C(c3ccncc3)c3ccc[nH]3)[nH]2)=CCN1. The van der Waals surface area contributed by atoms with Crippen LogP contribution < -0.4 is 5.32 Å². The number of H-pyrrole nitrogens is 3. The molecule has 2 atom stereocenters. The Bertz CT molecular complexity index is 1100. The van der Waals surface area contributed by atoms with E-state index in [-0.39, 0.29) is 11.8 Å². The lowest BCUT2D eigenvalue weighted by molar-refractivity contribution is 0.834. The first-order valence-electron chi connectivity index (χ1n) is 9.85. The van der Waals surface area contributed by atoms with Crippen LogP contribution in [-0.2, 0) is 0 Å². The number of rotatable bonds is 6. The van der Waals surface area contributed by atoms with Crippen LogP contribution in [0.4, 0.5) is 0 Å². The van der Waals surface area contributed by atoms with Gasteiger partial charge in [0.25, 0.3) is 0 Å². The van der Waals surface area contributed by atoms with Gasteiger partial charge in [0.05, 0.1) is 11.8 Å². The molecule has 0 radical (unpaired) electrons. The fourth-order valence-corrected chi connectivity index (χ4v) is 4.11. The van der Waals surface area contributed by atoms with Crippen LogP contribution in [0.1, 0.15) is 40.2 Å². The standard InChI is InChI=1S/C24H23N5/c1-3-19(27-11-1)23(17-7-13-25-14-8-17)21-5-6-22(29-21)24(20-4-2-12-28-20)18-9-15-26-16-10-18/h1-15,23-24,26-29H,16H2. The maximum atomic E-state index is 4.19. The molecule has 5 rings (SSSR count). The molecule has 1 aliphatic rings. The molecule has 5 heterocycles. The molecule has 0 aromatic carbocycles. The number of hydrogen-bond donors (Lipinski definition) is 4. The number of aromatic amines is 3. The molecular weight excluding hydrogens is 358 g/mol. The molecule has 2 unspecified atom stereocenters. The molecule has 4 N–H and O–H groups in total. The average Bonchev–Trinajstić information content (AvgIpc) is 3.54. The summed E-state index contributed by atoms with van der Waals surface area (Å²) in [5.41, 5.74) is 7.14. The second-order valence-corrected chi connectivity index (χ2v) is 7.21. The molecule has 0 spiro atoms. The predicted octanol–water partition coefficient (Wildman–Crippen LogP) is 4.42.